The van der Waals surface area contributed by atoms with Gasteiger partial charge in [-0.25, -0.2) is 0 Å². The number of hydrogen-bond donors (Lipinski definition) is 0. The van der Waals surface area contributed by atoms with Crippen molar-refractivity contribution in [1.29, 1.82) is 0 Å². The first-order chi connectivity index (χ1) is 13.3. The summed E-state index contributed by atoms with van der Waals surface area (Å²) < 4.78 is 6.08. The lowest BCUT2D eigenvalue weighted by atomic mass is 9.83. The Bertz CT molecular complexity index is 971. The zero-order valence-corrected chi connectivity index (χ0v) is 16.0. The number of unbranched alkanes of at least 4 members (excludes halogenated alkanes) is 5. The van der Waals surface area contributed by atoms with E-state index in [1.807, 2.05) is 36.4 Å². The van der Waals surface area contributed by atoms with Gasteiger partial charge in [0.2, 0.25) is 0 Å². The predicted octanol–water partition coefficient (Wildman–Crippen LogP) is 6.79. The Morgan fingerprint density at radius 2 is 1.48 bits per heavy atom. The zero-order chi connectivity index (χ0) is 18.6. The lowest BCUT2D eigenvalue weighted by Crippen LogP contribution is -2.10. The third-order valence-corrected chi connectivity index (χ3v) is 5.42. The minimum atomic E-state index is 0.115. The molecule has 3 aromatic carbocycles. The number of ketones is 1. The number of benzene rings is 3. The van der Waals surface area contributed by atoms with E-state index in [1.165, 1.54) is 32.1 Å². The van der Waals surface area contributed by atoms with E-state index in [2.05, 4.69) is 25.1 Å². The molecule has 3 aromatic rings. The van der Waals surface area contributed by atoms with Crippen molar-refractivity contribution in [2.45, 2.75) is 45.4 Å². The summed E-state index contributed by atoms with van der Waals surface area (Å²) >= 11 is 0. The molecule has 27 heavy (non-hydrogen) atoms. The molecule has 0 aliphatic heterocycles. The van der Waals surface area contributed by atoms with Crippen molar-refractivity contribution in [3.05, 3.63) is 65.7 Å². The van der Waals surface area contributed by atoms with Gasteiger partial charge in [0.15, 0.2) is 5.78 Å². The lowest BCUT2D eigenvalue weighted by molar-refractivity contribution is 0.104. The Balaban J connectivity index is 1.59. The fourth-order valence-corrected chi connectivity index (χ4v) is 4.02. The average Bonchev–Trinajstić information content (AvgIpc) is 2.71. The van der Waals surface area contributed by atoms with Gasteiger partial charge in [-0.2, -0.15) is 0 Å². The van der Waals surface area contributed by atoms with Crippen LogP contribution >= 0.6 is 0 Å². The minimum absolute atomic E-state index is 0.115. The summed E-state index contributed by atoms with van der Waals surface area (Å²) in [6.45, 7) is 2.99. The van der Waals surface area contributed by atoms with E-state index in [0.717, 1.165) is 51.8 Å². The van der Waals surface area contributed by atoms with Crippen LogP contribution in [0.2, 0.25) is 0 Å². The van der Waals surface area contributed by atoms with Crippen LogP contribution in [0.4, 0.5) is 0 Å². The number of rotatable bonds is 8. The van der Waals surface area contributed by atoms with Crippen LogP contribution in [-0.2, 0) is 0 Å². The topological polar surface area (TPSA) is 26.3 Å². The Labute approximate surface area is 161 Å². The van der Waals surface area contributed by atoms with Crippen LogP contribution in [0, 0.1) is 0 Å². The van der Waals surface area contributed by atoms with Gasteiger partial charge < -0.3 is 4.74 Å². The summed E-state index contributed by atoms with van der Waals surface area (Å²) in [4.78, 5) is 12.9. The molecule has 0 N–H and O–H groups in total. The number of carbonyl (C=O) groups excluding carboxylic acids is 1. The summed E-state index contributed by atoms with van der Waals surface area (Å²) in [5, 5.41) is 2.12. The predicted molar refractivity (Wildman–Crippen MR) is 112 cm³/mol. The minimum Gasteiger partial charge on any atom is -0.494 e. The van der Waals surface area contributed by atoms with Crippen LogP contribution in [0.1, 0.15) is 61.4 Å². The molecule has 1 aliphatic carbocycles. The molecule has 0 saturated heterocycles. The monoisotopic (exact) mass is 358 g/mol. The van der Waals surface area contributed by atoms with E-state index in [1.54, 1.807) is 0 Å². The average molecular weight is 358 g/mol. The first-order valence-electron chi connectivity index (χ1n) is 10.1. The molecule has 0 bridgehead atoms. The maximum absolute atomic E-state index is 12.9. The standard InChI is InChI=1S/C25H26O2/c1-2-3-4-5-6-9-15-27-19-16-18-11-10-14-22-24(18)23(17-19)20-12-7-8-13-21(20)25(22)26/h7-8,10-14,16-17H,2-6,9,15H2,1H3. The van der Waals surface area contributed by atoms with Crippen molar-refractivity contribution >= 4 is 16.6 Å². The van der Waals surface area contributed by atoms with Crippen molar-refractivity contribution in [2.24, 2.45) is 0 Å². The quantitative estimate of drug-likeness (QED) is 0.324. The maximum Gasteiger partial charge on any atom is 0.194 e. The van der Waals surface area contributed by atoms with E-state index in [9.17, 15) is 4.79 Å². The fourth-order valence-electron chi connectivity index (χ4n) is 4.02. The first-order valence-corrected chi connectivity index (χ1v) is 10.1. The number of carbonyl (C=O) groups is 1. The van der Waals surface area contributed by atoms with Gasteiger partial charge in [0.05, 0.1) is 6.61 Å². The molecule has 0 heterocycles. The summed E-state index contributed by atoms with van der Waals surface area (Å²) in [5.74, 6) is 1.01. The summed E-state index contributed by atoms with van der Waals surface area (Å²) in [6.07, 6.45) is 7.54. The largest absolute Gasteiger partial charge is 0.494 e. The van der Waals surface area contributed by atoms with E-state index in [-0.39, 0.29) is 5.78 Å². The maximum atomic E-state index is 12.9. The van der Waals surface area contributed by atoms with E-state index >= 15 is 0 Å². The summed E-state index contributed by atoms with van der Waals surface area (Å²) in [7, 11) is 0. The highest BCUT2D eigenvalue weighted by Gasteiger charge is 2.25. The van der Waals surface area contributed by atoms with E-state index in [4.69, 9.17) is 4.74 Å². The molecule has 2 heteroatoms. The van der Waals surface area contributed by atoms with Gasteiger partial charge in [0, 0.05) is 16.5 Å². The van der Waals surface area contributed by atoms with Gasteiger partial charge in [0.25, 0.3) is 0 Å². The van der Waals surface area contributed by atoms with E-state index in [0.29, 0.717) is 0 Å². The summed E-state index contributed by atoms with van der Waals surface area (Å²) in [6, 6.07) is 18.0. The molecule has 0 radical (unpaired) electrons. The van der Waals surface area contributed by atoms with Crippen molar-refractivity contribution in [3.8, 4) is 16.9 Å². The van der Waals surface area contributed by atoms with Crippen molar-refractivity contribution in [1.82, 2.24) is 0 Å². The molecule has 2 nitrogen and oxygen atoms in total. The zero-order valence-electron chi connectivity index (χ0n) is 16.0. The van der Waals surface area contributed by atoms with E-state index < -0.39 is 0 Å². The van der Waals surface area contributed by atoms with Gasteiger partial charge in [-0.05, 0) is 35.1 Å². The third kappa shape index (κ3) is 3.49. The Morgan fingerprint density at radius 3 is 2.33 bits per heavy atom. The van der Waals surface area contributed by atoms with Gasteiger partial charge in [-0.3, -0.25) is 4.79 Å². The number of hydrogen-bond acceptors (Lipinski definition) is 2. The second-order valence-corrected chi connectivity index (χ2v) is 7.37. The second-order valence-electron chi connectivity index (χ2n) is 7.37. The van der Waals surface area contributed by atoms with Gasteiger partial charge in [-0.1, -0.05) is 81.5 Å². The normalized spacial score (nSPS) is 12.3. The molecule has 138 valence electrons. The second kappa shape index (κ2) is 7.96. The molecule has 0 fully saturated rings. The highest BCUT2D eigenvalue weighted by Crippen LogP contribution is 2.41. The highest BCUT2D eigenvalue weighted by atomic mass is 16.5. The molecule has 0 unspecified atom stereocenters. The van der Waals surface area contributed by atoms with Crippen LogP contribution in [0.15, 0.2) is 54.6 Å². The van der Waals surface area contributed by atoms with Crippen LogP contribution in [0.25, 0.3) is 21.9 Å². The number of ether oxygens (including phenoxy) is 1. The number of fused-ring (bicyclic) bond motifs is 2. The Morgan fingerprint density at radius 1 is 0.741 bits per heavy atom. The molecule has 1 aliphatic rings. The molecular weight excluding hydrogens is 332 g/mol. The van der Waals surface area contributed by atoms with Crippen LogP contribution < -0.4 is 4.74 Å². The lowest BCUT2D eigenvalue weighted by Gasteiger charge is -2.21. The van der Waals surface area contributed by atoms with Crippen molar-refractivity contribution < 1.29 is 9.53 Å². The van der Waals surface area contributed by atoms with Crippen LogP contribution in [0.5, 0.6) is 5.75 Å². The summed E-state index contributed by atoms with van der Waals surface area (Å²) in [5.41, 5.74) is 3.70. The molecule has 0 saturated carbocycles. The SMILES string of the molecule is CCCCCCCCOc1cc2c3c(cccc3c1)C(=O)c1ccccc1-2. The highest BCUT2D eigenvalue weighted by molar-refractivity contribution is 6.26. The molecule has 0 aromatic heterocycles. The van der Waals surface area contributed by atoms with Gasteiger partial charge in [-0.15, -0.1) is 0 Å². The van der Waals surface area contributed by atoms with Crippen LogP contribution in [-0.4, -0.2) is 12.4 Å². The van der Waals surface area contributed by atoms with Crippen molar-refractivity contribution in [2.75, 3.05) is 6.61 Å². The van der Waals surface area contributed by atoms with Gasteiger partial charge in [0.1, 0.15) is 5.75 Å². The van der Waals surface area contributed by atoms with Gasteiger partial charge >= 0.3 is 0 Å². The smallest absolute Gasteiger partial charge is 0.194 e. The first kappa shape index (κ1) is 17.8. The molecule has 0 amide bonds. The Hall–Kier alpha value is -2.61. The molecule has 0 spiro atoms. The molecular formula is C25H26O2. The van der Waals surface area contributed by atoms with Crippen LogP contribution in [0.3, 0.4) is 0 Å². The van der Waals surface area contributed by atoms with Crippen molar-refractivity contribution in [3.63, 3.8) is 0 Å². The molecule has 0 atom stereocenters. The Kier molecular flexibility index (Phi) is 5.24. The molecule has 4 rings (SSSR count). The third-order valence-electron chi connectivity index (χ3n) is 5.42. The fraction of sp³-hybridized carbons (Fsp3) is 0.320.